The maximum absolute atomic E-state index is 13.4. The van der Waals surface area contributed by atoms with Crippen LogP contribution in [0.1, 0.15) is 23.2 Å². The summed E-state index contributed by atoms with van der Waals surface area (Å²) in [5, 5.41) is 2.69. The summed E-state index contributed by atoms with van der Waals surface area (Å²) >= 11 is 0. The highest BCUT2D eigenvalue weighted by Crippen LogP contribution is 2.15. The molecule has 144 valence electrons. The number of para-hydroxylation sites is 1. The molecule has 0 aromatic heterocycles. The van der Waals surface area contributed by atoms with Crippen molar-refractivity contribution in [1.82, 2.24) is 10.2 Å². The van der Waals surface area contributed by atoms with Gasteiger partial charge in [-0.3, -0.25) is 9.59 Å². The van der Waals surface area contributed by atoms with Crippen LogP contribution in [0, 0.1) is 11.6 Å². The quantitative estimate of drug-likeness (QED) is 0.685. The lowest BCUT2D eigenvalue weighted by atomic mass is 10.2. The van der Waals surface area contributed by atoms with Crippen molar-refractivity contribution in [2.45, 2.75) is 12.8 Å². The summed E-state index contributed by atoms with van der Waals surface area (Å²) < 4.78 is 31.6. The van der Waals surface area contributed by atoms with Gasteiger partial charge in [-0.1, -0.05) is 12.1 Å². The minimum absolute atomic E-state index is 0.0943. The van der Waals surface area contributed by atoms with Crippen molar-refractivity contribution < 1.29 is 23.1 Å². The molecular formula is C20H22F2N2O3. The number of carbonyl (C=O) groups excluding carboxylic acids is 2. The Balaban J connectivity index is 1.62. The average Bonchev–Trinajstić information content (AvgIpc) is 2.66. The first-order valence-electron chi connectivity index (χ1n) is 8.62. The Labute approximate surface area is 156 Å². The topological polar surface area (TPSA) is 58.6 Å². The van der Waals surface area contributed by atoms with Gasteiger partial charge in [-0.2, -0.15) is 0 Å². The van der Waals surface area contributed by atoms with Gasteiger partial charge in [0.05, 0.1) is 6.54 Å². The van der Waals surface area contributed by atoms with Gasteiger partial charge in [0.1, 0.15) is 12.4 Å². The first kappa shape index (κ1) is 20.4. The van der Waals surface area contributed by atoms with E-state index in [4.69, 9.17) is 4.74 Å². The smallest absolute Gasteiger partial charge is 0.251 e. The molecule has 0 aliphatic rings. The first-order chi connectivity index (χ1) is 13.0. The third-order valence-electron chi connectivity index (χ3n) is 3.91. The van der Waals surface area contributed by atoms with Crippen molar-refractivity contribution in [3.63, 3.8) is 0 Å². The number of nitrogens with one attached hydrogen (secondary N) is 1. The molecule has 7 heteroatoms. The molecule has 5 nitrogen and oxygen atoms in total. The molecular weight excluding hydrogens is 354 g/mol. The van der Waals surface area contributed by atoms with Crippen molar-refractivity contribution in [3.8, 4) is 5.75 Å². The minimum atomic E-state index is -0.441. The van der Waals surface area contributed by atoms with Gasteiger partial charge in [0, 0.05) is 25.6 Å². The van der Waals surface area contributed by atoms with Gasteiger partial charge in [-0.25, -0.2) is 8.78 Å². The van der Waals surface area contributed by atoms with Gasteiger partial charge in [0.15, 0.2) is 11.6 Å². The lowest BCUT2D eigenvalue weighted by Gasteiger charge is -2.17. The minimum Gasteiger partial charge on any atom is -0.489 e. The van der Waals surface area contributed by atoms with Crippen LogP contribution in [0.15, 0.2) is 48.5 Å². The zero-order valence-corrected chi connectivity index (χ0v) is 15.1. The molecule has 0 saturated heterocycles. The molecule has 0 unspecified atom stereocenters. The fraction of sp³-hybridized carbons (Fsp3) is 0.300. The number of hydrogen-bond donors (Lipinski definition) is 1. The molecule has 0 radical (unpaired) electrons. The first-order valence-corrected chi connectivity index (χ1v) is 8.62. The van der Waals surface area contributed by atoms with E-state index in [1.54, 1.807) is 19.2 Å². The van der Waals surface area contributed by atoms with Gasteiger partial charge < -0.3 is 15.0 Å². The SMILES string of the molecule is CN(CCOc1ccccc1F)C(=O)CCCNC(=O)c1ccc(F)cc1. The third-order valence-corrected chi connectivity index (χ3v) is 3.91. The van der Waals surface area contributed by atoms with Crippen molar-refractivity contribution in [3.05, 3.63) is 65.7 Å². The molecule has 2 aromatic carbocycles. The van der Waals surface area contributed by atoms with E-state index in [2.05, 4.69) is 5.32 Å². The largest absolute Gasteiger partial charge is 0.489 e. The fourth-order valence-electron chi connectivity index (χ4n) is 2.31. The highest BCUT2D eigenvalue weighted by molar-refractivity contribution is 5.94. The predicted molar refractivity (Wildman–Crippen MR) is 97.5 cm³/mol. The molecule has 1 N–H and O–H groups in total. The van der Waals surface area contributed by atoms with Crippen molar-refractivity contribution in [1.29, 1.82) is 0 Å². The second kappa shape index (κ2) is 10.3. The second-order valence-corrected chi connectivity index (χ2v) is 5.96. The Kier molecular flexibility index (Phi) is 7.73. The summed E-state index contributed by atoms with van der Waals surface area (Å²) in [6.45, 7) is 0.848. The molecule has 0 aliphatic heterocycles. The van der Waals surface area contributed by atoms with Gasteiger partial charge in [0.25, 0.3) is 5.91 Å². The van der Waals surface area contributed by atoms with Crippen LogP contribution in [-0.2, 0) is 4.79 Å². The summed E-state index contributed by atoms with van der Waals surface area (Å²) in [5.41, 5.74) is 0.366. The van der Waals surface area contributed by atoms with Crippen LogP contribution in [0.4, 0.5) is 8.78 Å². The van der Waals surface area contributed by atoms with E-state index in [1.165, 1.54) is 41.3 Å². The number of amides is 2. The van der Waals surface area contributed by atoms with Gasteiger partial charge in [-0.15, -0.1) is 0 Å². The average molecular weight is 376 g/mol. The zero-order valence-electron chi connectivity index (χ0n) is 15.1. The molecule has 2 aromatic rings. The molecule has 0 fully saturated rings. The lowest BCUT2D eigenvalue weighted by molar-refractivity contribution is -0.130. The summed E-state index contributed by atoms with van der Waals surface area (Å²) in [6, 6.07) is 11.3. The number of nitrogens with zero attached hydrogens (tertiary/aromatic N) is 1. The van der Waals surface area contributed by atoms with Crippen molar-refractivity contribution in [2.24, 2.45) is 0 Å². The fourth-order valence-corrected chi connectivity index (χ4v) is 2.31. The van der Waals surface area contributed by atoms with Gasteiger partial charge in [0.2, 0.25) is 5.91 Å². The molecule has 0 spiro atoms. The Morgan fingerprint density at radius 2 is 1.78 bits per heavy atom. The summed E-state index contributed by atoms with van der Waals surface area (Å²) in [7, 11) is 1.64. The monoisotopic (exact) mass is 376 g/mol. The summed E-state index contributed by atoms with van der Waals surface area (Å²) in [4.78, 5) is 25.4. The van der Waals surface area contributed by atoms with Crippen molar-refractivity contribution >= 4 is 11.8 Å². The van der Waals surface area contributed by atoms with Crippen LogP contribution in [0.25, 0.3) is 0 Å². The molecule has 0 atom stereocenters. The molecule has 0 heterocycles. The van der Waals surface area contributed by atoms with Crippen LogP contribution in [0.3, 0.4) is 0 Å². The van der Waals surface area contributed by atoms with Crippen molar-refractivity contribution in [2.75, 3.05) is 26.7 Å². The molecule has 0 bridgehead atoms. The molecule has 2 amide bonds. The molecule has 2 rings (SSSR count). The zero-order chi connectivity index (χ0) is 19.6. The number of carbonyl (C=O) groups is 2. The van der Waals surface area contributed by atoms with E-state index < -0.39 is 11.6 Å². The number of hydrogen-bond acceptors (Lipinski definition) is 3. The highest BCUT2D eigenvalue weighted by atomic mass is 19.1. The highest BCUT2D eigenvalue weighted by Gasteiger charge is 2.10. The third kappa shape index (κ3) is 6.69. The Hall–Kier alpha value is -2.96. The molecule has 0 saturated carbocycles. The lowest BCUT2D eigenvalue weighted by Crippen LogP contribution is -2.32. The van der Waals surface area contributed by atoms with E-state index in [9.17, 15) is 18.4 Å². The normalized spacial score (nSPS) is 10.3. The Morgan fingerprint density at radius 1 is 1.07 bits per heavy atom. The molecule has 27 heavy (non-hydrogen) atoms. The number of likely N-dealkylation sites (N-methyl/N-ethyl adjacent to an activating group) is 1. The van der Waals surface area contributed by atoms with E-state index in [0.717, 1.165) is 0 Å². The van der Waals surface area contributed by atoms with Crippen LogP contribution in [0.5, 0.6) is 5.75 Å². The Bertz CT molecular complexity index is 766. The predicted octanol–water partition coefficient (Wildman–Crippen LogP) is 3.01. The number of rotatable bonds is 9. The van der Waals surface area contributed by atoms with Crippen LogP contribution < -0.4 is 10.1 Å². The van der Waals surface area contributed by atoms with Crippen LogP contribution in [0.2, 0.25) is 0 Å². The maximum atomic E-state index is 13.4. The van der Waals surface area contributed by atoms with Gasteiger partial charge >= 0.3 is 0 Å². The Morgan fingerprint density at radius 3 is 2.48 bits per heavy atom. The summed E-state index contributed by atoms with van der Waals surface area (Å²) in [5.74, 6) is -1.10. The second-order valence-electron chi connectivity index (χ2n) is 5.96. The van der Waals surface area contributed by atoms with Crippen LogP contribution in [-0.4, -0.2) is 43.5 Å². The number of ether oxygens (including phenoxy) is 1. The summed E-state index contributed by atoms with van der Waals surface area (Å²) in [6.07, 6.45) is 0.740. The van der Waals surface area contributed by atoms with E-state index in [0.29, 0.717) is 25.1 Å². The number of halogens is 2. The van der Waals surface area contributed by atoms with E-state index >= 15 is 0 Å². The standard InChI is InChI=1S/C20H22F2N2O3/c1-24(13-14-27-18-6-3-2-5-17(18)22)19(25)7-4-12-23-20(26)15-8-10-16(21)11-9-15/h2-3,5-6,8-11H,4,7,12-14H2,1H3,(H,23,26). The van der Waals surface area contributed by atoms with E-state index in [-0.39, 0.29) is 30.6 Å². The van der Waals surface area contributed by atoms with E-state index in [1.807, 2.05) is 0 Å². The van der Waals surface area contributed by atoms with Crippen LogP contribution >= 0.6 is 0 Å². The maximum Gasteiger partial charge on any atom is 0.251 e. The number of benzene rings is 2. The van der Waals surface area contributed by atoms with Gasteiger partial charge in [-0.05, 0) is 42.8 Å². The molecule has 0 aliphatic carbocycles.